The van der Waals surface area contributed by atoms with E-state index in [-0.39, 0.29) is 36.8 Å². The van der Waals surface area contributed by atoms with Crippen LogP contribution in [0.3, 0.4) is 0 Å². The molecule has 3 aliphatic rings. The number of aliphatic hydroxyl groups is 1. The molecule has 0 aromatic heterocycles. The quantitative estimate of drug-likeness (QED) is 0.593. The number of carbonyl (C=O) groups is 3. The van der Waals surface area contributed by atoms with Crippen molar-refractivity contribution in [2.24, 2.45) is 11.7 Å². The van der Waals surface area contributed by atoms with Gasteiger partial charge in [0.15, 0.2) is 0 Å². The number of nitrogens with zero attached hydrogens (tertiary/aromatic N) is 2. The second kappa shape index (κ2) is 7.62. The monoisotopic (exact) mass is 386 g/mol. The van der Waals surface area contributed by atoms with Crippen LogP contribution in [0.5, 0.6) is 0 Å². The van der Waals surface area contributed by atoms with Crippen LogP contribution in [0.15, 0.2) is 18.2 Å². The van der Waals surface area contributed by atoms with Crippen LogP contribution in [-0.2, 0) is 22.7 Å². The minimum atomic E-state index is -0.598. The van der Waals surface area contributed by atoms with E-state index in [0.29, 0.717) is 31.5 Å². The molecule has 0 radical (unpaired) electrons. The van der Waals surface area contributed by atoms with Crippen LogP contribution < -0.4 is 11.1 Å². The van der Waals surface area contributed by atoms with Gasteiger partial charge in [-0.1, -0.05) is 12.1 Å². The predicted octanol–water partition coefficient (Wildman–Crippen LogP) is -0.411. The molecule has 3 amide bonds. The van der Waals surface area contributed by atoms with Crippen molar-refractivity contribution in [3.8, 4) is 0 Å². The van der Waals surface area contributed by atoms with Gasteiger partial charge in [0, 0.05) is 50.8 Å². The number of aliphatic hydroxyl groups excluding tert-OH is 1. The van der Waals surface area contributed by atoms with Crippen LogP contribution in [0.25, 0.3) is 0 Å². The number of piperidine rings is 1. The van der Waals surface area contributed by atoms with Gasteiger partial charge in [0.25, 0.3) is 5.91 Å². The molecule has 4 rings (SSSR count). The highest BCUT2D eigenvalue weighted by Gasteiger charge is 2.40. The Morgan fingerprint density at radius 2 is 2.04 bits per heavy atom. The van der Waals surface area contributed by atoms with Gasteiger partial charge in [-0.05, 0) is 36.0 Å². The first-order chi connectivity index (χ1) is 13.5. The summed E-state index contributed by atoms with van der Waals surface area (Å²) in [6.45, 7) is 2.81. The molecule has 1 aromatic carbocycles. The Bertz CT molecular complexity index is 811. The topological polar surface area (TPSA) is 116 Å². The normalized spacial score (nSPS) is 28.0. The third-order valence-electron chi connectivity index (χ3n) is 6.14. The van der Waals surface area contributed by atoms with E-state index < -0.39 is 11.9 Å². The Balaban J connectivity index is 1.50. The molecule has 8 heteroatoms. The standard InChI is InChI=1S/C20H26N4O4/c21-16-11-23(9-13(16)6-7-25)8-12-2-1-3-14-15(12)10-24(20(14)28)17-4-5-18(26)22-19(17)27/h1-3,13,16-17,25H,4-11,21H2,(H,22,26,27)/t13-,16-,17?/m1/s1. The van der Waals surface area contributed by atoms with E-state index in [1.54, 1.807) is 11.0 Å². The van der Waals surface area contributed by atoms with Gasteiger partial charge in [0.1, 0.15) is 6.04 Å². The molecule has 0 spiro atoms. The maximum Gasteiger partial charge on any atom is 0.255 e. The number of hydrogen-bond acceptors (Lipinski definition) is 6. The lowest BCUT2D eigenvalue weighted by molar-refractivity contribution is -0.136. The fourth-order valence-corrected chi connectivity index (χ4v) is 4.63. The van der Waals surface area contributed by atoms with Crippen LogP contribution in [0.1, 0.15) is 40.7 Å². The van der Waals surface area contributed by atoms with Gasteiger partial charge < -0.3 is 15.7 Å². The Morgan fingerprint density at radius 1 is 1.21 bits per heavy atom. The van der Waals surface area contributed by atoms with Gasteiger partial charge in [0.05, 0.1) is 0 Å². The second-order valence-corrected chi connectivity index (χ2v) is 7.97. The summed E-state index contributed by atoms with van der Waals surface area (Å²) >= 11 is 0. The largest absolute Gasteiger partial charge is 0.396 e. The fourth-order valence-electron chi connectivity index (χ4n) is 4.63. The summed E-state index contributed by atoms with van der Waals surface area (Å²) in [6.07, 6.45) is 1.32. The lowest BCUT2D eigenvalue weighted by Gasteiger charge is -2.29. The molecule has 2 saturated heterocycles. The molecule has 0 bridgehead atoms. The number of hydrogen-bond donors (Lipinski definition) is 3. The molecule has 1 aromatic rings. The lowest BCUT2D eigenvalue weighted by atomic mass is 10.0. The van der Waals surface area contributed by atoms with E-state index in [1.807, 2.05) is 12.1 Å². The Labute approximate surface area is 163 Å². The Kier molecular flexibility index (Phi) is 5.18. The molecular weight excluding hydrogens is 360 g/mol. The number of benzene rings is 1. The zero-order valence-corrected chi connectivity index (χ0v) is 15.8. The van der Waals surface area contributed by atoms with Crippen molar-refractivity contribution in [3.05, 3.63) is 34.9 Å². The molecule has 28 heavy (non-hydrogen) atoms. The summed E-state index contributed by atoms with van der Waals surface area (Å²) < 4.78 is 0. The van der Waals surface area contributed by atoms with Crippen LogP contribution in [-0.4, -0.2) is 64.4 Å². The van der Waals surface area contributed by atoms with Gasteiger partial charge in [-0.15, -0.1) is 0 Å². The summed E-state index contributed by atoms with van der Waals surface area (Å²) in [5.74, 6) is -0.545. The van der Waals surface area contributed by atoms with Gasteiger partial charge in [-0.2, -0.15) is 0 Å². The van der Waals surface area contributed by atoms with Gasteiger partial charge in [0.2, 0.25) is 11.8 Å². The highest BCUT2D eigenvalue weighted by Crippen LogP contribution is 2.31. The number of nitrogens with one attached hydrogen (secondary N) is 1. The van der Waals surface area contributed by atoms with E-state index in [2.05, 4.69) is 10.2 Å². The SMILES string of the molecule is N[C@@H]1CN(Cc2cccc3c2CN(C2CCC(=O)NC2=O)C3=O)C[C@H]1CCO. The van der Waals surface area contributed by atoms with Crippen molar-refractivity contribution in [3.63, 3.8) is 0 Å². The first-order valence-electron chi connectivity index (χ1n) is 9.82. The zero-order valence-electron chi connectivity index (χ0n) is 15.8. The van der Waals surface area contributed by atoms with Gasteiger partial charge in [-0.25, -0.2) is 0 Å². The molecule has 3 aliphatic heterocycles. The van der Waals surface area contributed by atoms with E-state index in [0.717, 1.165) is 24.2 Å². The minimum Gasteiger partial charge on any atom is -0.396 e. The number of fused-ring (bicyclic) bond motifs is 1. The molecule has 150 valence electrons. The molecule has 1 unspecified atom stereocenters. The molecule has 3 atom stereocenters. The lowest BCUT2D eigenvalue weighted by Crippen LogP contribution is -2.52. The fraction of sp³-hybridized carbons (Fsp3) is 0.550. The van der Waals surface area contributed by atoms with Crippen LogP contribution in [0.4, 0.5) is 0 Å². The zero-order chi connectivity index (χ0) is 19.8. The van der Waals surface area contributed by atoms with Gasteiger partial charge >= 0.3 is 0 Å². The summed E-state index contributed by atoms with van der Waals surface area (Å²) in [5.41, 5.74) is 8.86. The van der Waals surface area contributed by atoms with Crippen molar-refractivity contribution in [2.45, 2.75) is 44.4 Å². The highest BCUT2D eigenvalue weighted by atomic mass is 16.3. The number of rotatable bonds is 5. The Hall–Kier alpha value is -2.29. The summed E-state index contributed by atoms with van der Waals surface area (Å²) in [5, 5.41) is 11.5. The molecule has 8 nitrogen and oxygen atoms in total. The summed E-state index contributed by atoms with van der Waals surface area (Å²) in [4.78, 5) is 40.4. The maximum atomic E-state index is 12.9. The number of carbonyl (C=O) groups excluding carboxylic acids is 3. The Morgan fingerprint density at radius 3 is 2.79 bits per heavy atom. The van der Waals surface area contributed by atoms with Crippen LogP contribution >= 0.6 is 0 Å². The van der Waals surface area contributed by atoms with Crippen molar-refractivity contribution in [2.75, 3.05) is 19.7 Å². The van der Waals surface area contributed by atoms with Crippen LogP contribution in [0.2, 0.25) is 0 Å². The van der Waals surface area contributed by atoms with Crippen molar-refractivity contribution in [1.82, 2.24) is 15.1 Å². The van der Waals surface area contributed by atoms with Crippen molar-refractivity contribution < 1.29 is 19.5 Å². The van der Waals surface area contributed by atoms with Crippen molar-refractivity contribution >= 4 is 17.7 Å². The van der Waals surface area contributed by atoms with E-state index in [4.69, 9.17) is 5.73 Å². The third-order valence-corrected chi connectivity index (χ3v) is 6.14. The second-order valence-electron chi connectivity index (χ2n) is 7.97. The number of amides is 3. The van der Waals surface area contributed by atoms with E-state index in [1.165, 1.54) is 0 Å². The smallest absolute Gasteiger partial charge is 0.255 e. The maximum absolute atomic E-state index is 12.9. The molecule has 2 fully saturated rings. The van der Waals surface area contributed by atoms with Crippen LogP contribution in [0, 0.1) is 5.92 Å². The molecule has 0 aliphatic carbocycles. The first-order valence-corrected chi connectivity index (χ1v) is 9.82. The number of likely N-dealkylation sites (tertiary alicyclic amines) is 1. The predicted molar refractivity (Wildman–Crippen MR) is 101 cm³/mol. The minimum absolute atomic E-state index is 0.0468. The first kappa shape index (κ1) is 19.0. The van der Waals surface area contributed by atoms with Crippen molar-refractivity contribution in [1.29, 1.82) is 0 Å². The summed E-state index contributed by atoms with van der Waals surface area (Å²) in [6, 6.07) is 5.15. The number of nitrogens with two attached hydrogens (primary N) is 1. The molecule has 3 heterocycles. The molecule has 4 N–H and O–H groups in total. The molecule has 0 saturated carbocycles. The average molecular weight is 386 g/mol. The molecular formula is C20H26N4O4. The number of imide groups is 1. The van der Waals surface area contributed by atoms with E-state index >= 15 is 0 Å². The summed E-state index contributed by atoms with van der Waals surface area (Å²) in [7, 11) is 0. The van der Waals surface area contributed by atoms with E-state index in [9.17, 15) is 19.5 Å². The van der Waals surface area contributed by atoms with Gasteiger partial charge in [-0.3, -0.25) is 24.6 Å². The average Bonchev–Trinajstić information content (AvgIpc) is 3.17. The third kappa shape index (κ3) is 3.43. The highest BCUT2D eigenvalue weighted by molar-refractivity contribution is 6.05.